The number of aryl methyl sites for hydroxylation is 2. The average Bonchev–Trinajstić information content (AvgIpc) is 2.89. The van der Waals surface area contributed by atoms with Crippen LogP contribution in [0, 0.1) is 24.7 Å². The number of aliphatic hydroxyl groups is 1. The summed E-state index contributed by atoms with van der Waals surface area (Å²) in [6, 6.07) is 20.9. The second kappa shape index (κ2) is 9.91. The number of carbonyl (C=O) groups is 1. The molecule has 2 N–H and O–H groups in total. The van der Waals surface area contributed by atoms with Gasteiger partial charge in [0.15, 0.2) is 0 Å². The molecule has 184 valence electrons. The summed E-state index contributed by atoms with van der Waals surface area (Å²) in [6.45, 7) is 4.22. The first-order valence-electron chi connectivity index (χ1n) is 12.9. The summed E-state index contributed by atoms with van der Waals surface area (Å²) < 4.78 is 0. The lowest BCUT2D eigenvalue weighted by Gasteiger charge is -2.52. The Morgan fingerprint density at radius 3 is 2.69 bits per heavy atom. The summed E-state index contributed by atoms with van der Waals surface area (Å²) in [7, 11) is 0. The highest BCUT2D eigenvalue weighted by Crippen LogP contribution is 2.54. The molecule has 3 atom stereocenters. The van der Waals surface area contributed by atoms with Crippen LogP contribution in [0.4, 0.5) is 0 Å². The molecule has 0 spiro atoms. The van der Waals surface area contributed by atoms with Crippen LogP contribution in [0.5, 0.6) is 0 Å². The molecule has 1 amide bonds. The maximum atomic E-state index is 13.0. The molecule has 1 saturated carbocycles. The first-order valence-corrected chi connectivity index (χ1v) is 12.9. The van der Waals surface area contributed by atoms with Crippen molar-refractivity contribution in [3.05, 3.63) is 100 Å². The number of nitrogens with one attached hydrogen (secondary N) is 1. The molecule has 0 saturated heterocycles. The van der Waals surface area contributed by atoms with Crippen LogP contribution in [0.2, 0.25) is 0 Å². The van der Waals surface area contributed by atoms with E-state index in [9.17, 15) is 9.90 Å². The summed E-state index contributed by atoms with van der Waals surface area (Å²) >= 11 is 0. The standard InChI is InChI=1S/C32H34N2O2/c1-3-15-31(36)16-17-32(19-24-7-5-4-6-8-24)28(20-31)13-11-26-18-27(12-14-29(26)32)30(35)34-22-25-10-9-23(2)33-21-25/h4-10,12,14,18,21,28,36H,11,13,16-17,19-20,22H2,1-2H3,(H,34,35)/t28-,31-,32+/m1/s1. The number of aromatic nitrogens is 1. The van der Waals surface area contributed by atoms with Crippen LogP contribution in [0.3, 0.4) is 0 Å². The van der Waals surface area contributed by atoms with Gasteiger partial charge in [0.2, 0.25) is 0 Å². The van der Waals surface area contributed by atoms with Crippen LogP contribution in [-0.2, 0) is 24.8 Å². The van der Waals surface area contributed by atoms with Gasteiger partial charge in [0.25, 0.3) is 5.91 Å². The van der Waals surface area contributed by atoms with Crippen molar-refractivity contribution < 1.29 is 9.90 Å². The SMILES string of the molecule is CC#C[C@@]1(O)CC[C@@]2(Cc3ccccc3)c3ccc(C(=O)NCc4ccc(C)nc4)cc3CC[C@@H]2C1. The van der Waals surface area contributed by atoms with Crippen molar-refractivity contribution in [1.29, 1.82) is 0 Å². The lowest BCUT2D eigenvalue weighted by atomic mass is 9.52. The lowest BCUT2D eigenvalue weighted by Crippen LogP contribution is -2.51. The van der Waals surface area contributed by atoms with Crippen LogP contribution in [-0.4, -0.2) is 21.6 Å². The van der Waals surface area contributed by atoms with Gasteiger partial charge in [-0.2, -0.15) is 0 Å². The van der Waals surface area contributed by atoms with Gasteiger partial charge in [-0.3, -0.25) is 9.78 Å². The summed E-state index contributed by atoms with van der Waals surface area (Å²) in [5, 5.41) is 14.2. The molecule has 2 aliphatic carbocycles. The van der Waals surface area contributed by atoms with Crippen LogP contribution in [0.1, 0.15) is 70.9 Å². The molecule has 0 aliphatic heterocycles. The van der Waals surface area contributed by atoms with Gasteiger partial charge in [0.05, 0.1) is 0 Å². The van der Waals surface area contributed by atoms with Gasteiger partial charge >= 0.3 is 0 Å². The van der Waals surface area contributed by atoms with E-state index in [0.717, 1.165) is 36.9 Å². The van der Waals surface area contributed by atoms with E-state index in [0.29, 0.717) is 30.9 Å². The number of benzene rings is 2. The van der Waals surface area contributed by atoms with Crippen molar-refractivity contribution in [2.75, 3.05) is 0 Å². The third-order valence-corrected chi connectivity index (χ3v) is 8.16. The van der Waals surface area contributed by atoms with Crippen molar-refractivity contribution in [2.45, 2.75) is 69.9 Å². The molecule has 4 nitrogen and oxygen atoms in total. The molecule has 1 fully saturated rings. The maximum absolute atomic E-state index is 13.0. The predicted molar refractivity (Wildman–Crippen MR) is 142 cm³/mol. The van der Waals surface area contributed by atoms with Crippen molar-refractivity contribution in [2.24, 2.45) is 5.92 Å². The van der Waals surface area contributed by atoms with E-state index in [2.05, 4.69) is 64.6 Å². The van der Waals surface area contributed by atoms with E-state index in [1.165, 1.54) is 16.7 Å². The Bertz CT molecular complexity index is 1310. The van der Waals surface area contributed by atoms with Gasteiger partial charge in [-0.25, -0.2) is 0 Å². The number of fused-ring (bicyclic) bond motifs is 3. The topological polar surface area (TPSA) is 62.2 Å². The fourth-order valence-corrected chi connectivity index (χ4v) is 6.35. The van der Waals surface area contributed by atoms with E-state index < -0.39 is 5.60 Å². The van der Waals surface area contributed by atoms with Gasteiger partial charge in [-0.05, 0) is 98.7 Å². The maximum Gasteiger partial charge on any atom is 0.251 e. The van der Waals surface area contributed by atoms with Gasteiger partial charge in [-0.15, -0.1) is 5.92 Å². The zero-order valence-corrected chi connectivity index (χ0v) is 21.2. The molecule has 3 aromatic rings. The molecule has 0 unspecified atom stereocenters. The quantitative estimate of drug-likeness (QED) is 0.489. The Hall–Kier alpha value is -3.42. The molecule has 4 heteroatoms. The normalized spacial score (nSPS) is 24.6. The molecule has 1 aromatic heterocycles. The second-order valence-electron chi connectivity index (χ2n) is 10.5. The molecular formula is C32H34N2O2. The molecule has 1 heterocycles. The van der Waals surface area contributed by atoms with Crippen LogP contribution in [0.15, 0.2) is 66.9 Å². The van der Waals surface area contributed by atoms with E-state index in [-0.39, 0.29) is 11.3 Å². The molecule has 0 radical (unpaired) electrons. The first-order chi connectivity index (χ1) is 17.4. The lowest BCUT2D eigenvalue weighted by molar-refractivity contribution is -0.00801. The van der Waals surface area contributed by atoms with Crippen molar-refractivity contribution in [3.63, 3.8) is 0 Å². The minimum absolute atomic E-state index is 0.0564. The fourth-order valence-electron chi connectivity index (χ4n) is 6.35. The molecule has 36 heavy (non-hydrogen) atoms. The summed E-state index contributed by atoms with van der Waals surface area (Å²) in [5.41, 5.74) is 5.61. The van der Waals surface area contributed by atoms with Gasteiger partial charge < -0.3 is 10.4 Å². The number of hydrogen-bond acceptors (Lipinski definition) is 3. The number of amides is 1. The highest BCUT2D eigenvalue weighted by molar-refractivity contribution is 5.94. The summed E-state index contributed by atoms with van der Waals surface area (Å²) in [5.74, 6) is 6.34. The van der Waals surface area contributed by atoms with Crippen LogP contribution < -0.4 is 5.32 Å². The van der Waals surface area contributed by atoms with E-state index in [4.69, 9.17) is 0 Å². The number of carbonyl (C=O) groups excluding carboxylic acids is 1. The van der Waals surface area contributed by atoms with Crippen LogP contribution in [0.25, 0.3) is 0 Å². The highest BCUT2D eigenvalue weighted by Gasteiger charge is 2.51. The number of pyridine rings is 1. The smallest absolute Gasteiger partial charge is 0.251 e. The molecule has 5 rings (SSSR count). The Labute approximate surface area is 214 Å². The number of rotatable bonds is 5. The van der Waals surface area contributed by atoms with Crippen molar-refractivity contribution in [3.8, 4) is 11.8 Å². The number of nitrogens with zero attached hydrogens (tertiary/aromatic N) is 1. The average molecular weight is 479 g/mol. The molecule has 0 bridgehead atoms. The third-order valence-electron chi connectivity index (χ3n) is 8.16. The molecule has 2 aliphatic rings. The minimum Gasteiger partial charge on any atom is -0.378 e. The monoisotopic (exact) mass is 478 g/mol. The van der Waals surface area contributed by atoms with Gasteiger partial charge in [0, 0.05) is 29.4 Å². The third kappa shape index (κ3) is 4.81. The van der Waals surface area contributed by atoms with Crippen molar-refractivity contribution in [1.82, 2.24) is 10.3 Å². The molecule has 2 aromatic carbocycles. The number of hydrogen-bond donors (Lipinski definition) is 2. The Kier molecular flexibility index (Phi) is 6.69. The fraction of sp³-hybridized carbons (Fsp3) is 0.375. The van der Waals surface area contributed by atoms with Gasteiger partial charge in [0.1, 0.15) is 5.60 Å². The predicted octanol–water partition coefficient (Wildman–Crippen LogP) is 5.30. The Balaban J connectivity index is 1.43. The highest BCUT2D eigenvalue weighted by atomic mass is 16.3. The largest absolute Gasteiger partial charge is 0.378 e. The Morgan fingerprint density at radius 2 is 1.94 bits per heavy atom. The van der Waals surface area contributed by atoms with Gasteiger partial charge in [-0.1, -0.05) is 48.4 Å². The zero-order valence-electron chi connectivity index (χ0n) is 21.2. The summed E-state index contributed by atoms with van der Waals surface area (Å²) in [6.07, 6.45) is 6.91. The second-order valence-corrected chi connectivity index (χ2v) is 10.5. The van der Waals surface area contributed by atoms with Crippen LogP contribution >= 0.6 is 0 Å². The van der Waals surface area contributed by atoms with Crippen molar-refractivity contribution >= 4 is 5.91 Å². The first kappa shape index (κ1) is 24.3. The zero-order chi connectivity index (χ0) is 25.2. The van der Waals surface area contributed by atoms with E-state index >= 15 is 0 Å². The molecular weight excluding hydrogens is 444 g/mol. The summed E-state index contributed by atoms with van der Waals surface area (Å²) in [4.78, 5) is 17.3. The minimum atomic E-state index is -0.901. The van der Waals surface area contributed by atoms with E-state index in [1.54, 1.807) is 0 Å². The van der Waals surface area contributed by atoms with E-state index in [1.807, 2.05) is 38.2 Å². The Morgan fingerprint density at radius 1 is 1.11 bits per heavy atom.